The van der Waals surface area contributed by atoms with Gasteiger partial charge in [0.2, 0.25) is 0 Å². The lowest BCUT2D eigenvalue weighted by atomic mass is 10.0. The molecule has 0 saturated heterocycles. The van der Waals surface area contributed by atoms with Gasteiger partial charge in [0, 0.05) is 18.8 Å². The normalized spacial score (nSPS) is 23.9. The zero-order chi connectivity index (χ0) is 12.3. The number of hydrogen-bond donors (Lipinski definition) is 1. The largest absolute Gasteiger partial charge is 0.353 e. The van der Waals surface area contributed by atoms with Crippen molar-refractivity contribution in [2.75, 3.05) is 18.0 Å². The molecule has 1 aliphatic rings. The van der Waals surface area contributed by atoms with E-state index in [4.69, 9.17) is 5.73 Å². The van der Waals surface area contributed by atoms with Crippen LogP contribution in [0.25, 0.3) is 0 Å². The molecule has 0 spiro atoms. The molecular weight excluding hydrogens is 210 g/mol. The van der Waals surface area contributed by atoms with E-state index in [0.29, 0.717) is 12.0 Å². The molecule has 2 atom stereocenters. The first-order valence-electron chi connectivity index (χ1n) is 6.66. The van der Waals surface area contributed by atoms with E-state index in [1.807, 2.05) is 12.3 Å². The third kappa shape index (κ3) is 2.44. The molecule has 2 N–H and O–H groups in total. The number of rotatable bonds is 4. The number of nitrogens with two attached hydrogens (primary N) is 1. The Hall–Kier alpha value is -1.09. The summed E-state index contributed by atoms with van der Waals surface area (Å²) in [6.07, 6.45) is 5.71. The lowest BCUT2D eigenvalue weighted by molar-refractivity contribution is 0.459. The maximum atomic E-state index is 5.89. The minimum atomic E-state index is 0.582. The minimum absolute atomic E-state index is 0.582. The highest BCUT2D eigenvalue weighted by Crippen LogP contribution is 2.32. The van der Waals surface area contributed by atoms with Crippen LogP contribution in [0.3, 0.4) is 0 Å². The van der Waals surface area contributed by atoms with Crippen molar-refractivity contribution < 1.29 is 0 Å². The standard InChI is InChI=1S/C14H23N3/c1-3-17(13-8-4-7-12(13)10-15)14-11(2)6-5-9-16-14/h5-6,9,12-13H,3-4,7-8,10,15H2,1-2H3. The molecule has 1 aromatic heterocycles. The molecule has 2 unspecified atom stereocenters. The first-order valence-corrected chi connectivity index (χ1v) is 6.66. The van der Waals surface area contributed by atoms with Crippen molar-refractivity contribution >= 4 is 5.82 Å². The molecule has 94 valence electrons. The maximum absolute atomic E-state index is 5.89. The second kappa shape index (κ2) is 5.50. The molecule has 0 amide bonds. The van der Waals surface area contributed by atoms with E-state index in [1.165, 1.54) is 24.8 Å². The molecule has 3 nitrogen and oxygen atoms in total. The highest BCUT2D eigenvalue weighted by molar-refractivity contribution is 5.47. The van der Waals surface area contributed by atoms with Gasteiger partial charge >= 0.3 is 0 Å². The SMILES string of the molecule is CCN(c1ncccc1C)C1CCCC1CN. The van der Waals surface area contributed by atoms with Gasteiger partial charge in [-0.05, 0) is 50.8 Å². The van der Waals surface area contributed by atoms with Crippen molar-refractivity contribution in [2.24, 2.45) is 11.7 Å². The Morgan fingerprint density at radius 1 is 1.47 bits per heavy atom. The van der Waals surface area contributed by atoms with Crippen LogP contribution in [0.15, 0.2) is 18.3 Å². The Morgan fingerprint density at radius 3 is 2.94 bits per heavy atom. The molecule has 3 heteroatoms. The van der Waals surface area contributed by atoms with Crippen LogP contribution >= 0.6 is 0 Å². The fourth-order valence-electron chi connectivity index (χ4n) is 3.02. The number of hydrogen-bond acceptors (Lipinski definition) is 3. The van der Waals surface area contributed by atoms with Crippen LogP contribution in [0.1, 0.15) is 31.7 Å². The zero-order valence-corrected chi connectivity index (χ0v) is 10.9. The first-order chi connectivity index (χ1) is 8.27. The van der Waals surface area contributed by atoms with Crippen molar-refractivity contribution in [1.82, 2.24) is 4.98 Å². The third-order valence-corrected chi connectivity index (χ3v) is 3.92. The predicted octanol–water partition coefficient (Wildman–Crippen LogP) is 2.34. The Kier molecular flexibility index (Phi) is 4.00. The second-order valence-corrected chi connectivity index (χ2v) is 4.92. The Balaban J connectivity index is 2.24. The lowest BCUT2D eigenvalue weighted by Crippen LogP contribution is -2.41. The molecule has 2 rings (SSSR count). The second-order valence-electron chi connectivity index (χ2n) is 4.92. The van der Waals surface area contributed by atoms with Gasteiger partial charge in [-0.15, -0.1) is 0 Å². The van der Waals surface area contributed by atoms with Gasteiger partial charge in [0.15, 0.2) is 0 Å². The van der Waals surface area contributed by atoms with Gasteiger partial charge in [0.25, 0.3) is 0 Å². The van der Waals surface area contributed by atoms with Gasteiger partial charge in [-0.3, -0.25) is 0 Å². The van der Waals surface area contributed by atoms with Crippen molar-refractivity contribution in [3.8, 4) is 0 Å². The highest BCUT2D eigenvalue weighted by Gasteiger charge is 2.31. The zero-order valence-electron chi connectivity index (χ0n) is 10.9. The van der Waals surface area contributed by atoms with Crippen LogP contribution in [0, 0.1) is 12.8 Å². The smallest absolute Gasteiger partial charge is 0.131 e. The highest BCUT2D eigenvalue weighted by atomic mass is 15.2. The van der Waals surface area contributed by atoms with Gasteiger partial charge in [-0.1, -0.05) is 12.5 Å². The van der Waals surface area contributed by atoms with Crippen molar-refractivity contribution in [1.29, 1.82) is 0 Å². The van der Waals surface area contributed by atoms with Crippen LogP contribution in [-0.4, -0.2) is 24.1 Å². The number of aryl methyl sites for hydroxylation is 1. The molecule has 1 saturated carbocycles. The fraction of sp³-hybridized carbons (Fsp3) is 0.643. The van der Waals surface area contributed by atoms with Crippen molar-refractivity contribution in [2.45, 2.75) is 39.2 Å². The number of pyridine rings is 1. The average molecular weight is 233 g/mol. The molecule has 1 heterocycles. The molecule has 0 aromatic carbocycles. The lowest BCUT2D eigenvalue weighted by Gasteiger charge is -2.33. The van der Waals surface area contributed by atoms with Gasteiger partial charge in [-0.25, -0.2) is 4.98 Å². The summed E-state index contributed by atoms with van der Waals surface area (Å²) in [6, 6.07) is 4.72. The molecule has 1 aromatic rings. The summed E-state index contributed by atoms with van der Waals surface area (Å²) in [5.41, 5.74) is 7.15. The van der Waals surface area contributed by atoms with Crippen LogP contribution < -0.4 is 10.6 Å². The molecule has 17 heavy (non-hydrogen) atoms. The summed E-state index contributed by atoms with van der Waals surface area (Å²) >= 11 is 0. The Morgan fingerprint density at radius 2 is 2.29 bits per heavy atom. The van der Waals surface area contributed by atoms with E-state index in [-0.39, 0.29) is 0 Å². The topological polar surface area (TPSA) is 42.2 Å². The number of aromatic nitrogens is 1. The summed E-state index contributed by atoms with van der Waals surface area (Å²) in [4.78, 5) is 6.99. The predicted molar refractivity (Wildman–Crippen MR) is 72.2 cm³/mol. The van der Waals surface area contributed by atoms with Crippen molar-refractivity contribution in [3.05, 3.63) is 23.9 Å². The fourth-order valence-corrected chi connectivity index (χ4v) is 3.02. The molecule has 1 aliphatic carbocycles. The summed E-state index contributed by atoms with van der Waals surface area (Å²) < 4.78 is 0. The molecule has 0 bridgehead atoms. The van der Waals surface area contributed by atoms with Gasteiger partial charge in [-0.2, -0.15) is 0 Å². The quantitative estimate of drug-likeness (QED) is 0.868. The Bertz CT molecular complexity index is 364. The summed E-state index contributed by atoms with van der Waals surface area (Å²) in [5, 5.41) is 0. The van der Waals surface area contributed by atoms with Crippen molar-refractivity contribution in [3.63, 3.8) is 0 Å². The van der Waals surface area contributed by atoms with Crippen LogP contribution in [-0.2, 0) is 0 Å². The van der Waals surface area contributed by atoms with Gasteiger partial charge in [0.1, 0.15) is 5.82 Å². The van der Waals surface area contributed by atoms with E-state index >= 15 is 0 Å². The molecular formula is C14H23N3. The summed E-state index contributed by atoms with van der Waals surface area (Å²) in [5.74, 6) is 1.77. The van der Waals surface area contributed by atoms with E-state index < -0.39 is 0 Å². The maximum Gasteiger partial charge on any atom is 0.131 e. The number of anilines is 1. The van der Waals surface area contributed by atoms with Gasteiger partial charge < -0.3 is 10.6 Å². The van der Waals surface area contributed by atoms with E-state index in [0.717, 1.165) is 18.9 Å². The van der Waals surface area contributed by atoms with Gasteiger partial charge in [0.05, 0.1) is 0 Å². The van der Waals surface area contributed by atoms with Crippen LogP contribution in [0.4, 0.5) is 5.82 Å². The number of nitrogens with zero attached hydrogens (tertiary/aromatic N) is 2. The Labute approximate surface area is 104 Å². The minimum Gasteiger partial charge on any atom is -0.353 e. The summed E-state index contributed by atoms with van der Waals surface area (Å²) in [7, 11) is 0. The van der Waals surface area contributed by atoms with Crippen LogP contribution in [0.5, 0.6) is 0 Å². The first kappa shape index (κ1) is 12.4. The molecule has 0 aliphatic heterocycles. The molecule has 1 fully saturated rings. The average Bonchev–Trinajstić information content (AvgIpc) is 2.81. The monoisotopic (exact) mass is 233 g/mol. The van der Waals surface area contributed by atoms with E-state index in [9.17, 15) is 0 Å². The molecule has 0 radical (unpaired) electrons. The summed E-state index contributed by atoms with van der Waals surface area (Å²) in [6.45, 7) is 6.16. The van der Waals surface area contributed by atoms with E-state index in [1.54, 1.807) is 0 Å². The van der Waals surface area contributed by atoms with Crippen LogP contribution in [0.2, 0.25) is 0 Å². The van der Waals surface area contributed by atoms with E-state index in [2.05, 4.69) is 29.8 Å². The third-order valence-electron chi connectivity index (χ3n) is 3.92.